The Kier molecular flexibility index (Phi) is 5.91. The van der Waals surface area contributed by atoms with E-state index in [1.54, 1.807) is 12.1 Å². The Morgan fingerprint density at radius 1 is 1.00 bits per heavy atom. The lowest BCUT2D eigenvalue weighted by atomic mass is 10.1. The molecule has 1 amide bonds. The number of rotatable bonds is 6. The molecule has 0 aliphatic heterocycles. The summed E-state index contributed by atoms with van der Waals surface area (Å²) in [6.45, 7) is 0. The van der Waals surface area contributed by atoms with Gasteiger partial charge < -0.3 is 14.8 Å². The van der Waals surface area contributed by atoms with E-state index in [-0.39, 0.29) is 11.7 Å². The number of fused-ring (bicyclic) bond motifs is 1. The third-order valence-corrected chi connectivity index (χ3v) is 5.13. The van der Waals surface area contributed by atoms with Crippen LogP contribution in [0.4, 0.5) is 5.69 Å². The molecule has 0 spiro atoms. The Hall–Kier alpha value is -2.37. The van der Waals surface area contributed by atoms with Crippen molar-refractivity contribution in [3.8, 4) is 11.5 Å². The maximum Gasteiger partial charge on any atom is 0.234 e. The van der Waals surface area contributed by atoms with E-state index in [0.717, 1.165) is 10.3 Å². The van der Waals surface area contributed by atoms with Gasteiger partial charge in [0.1, 0.15) is 11.5 Å². The van der Waals surface area contributed by atoms with Gasteiger partial charge in [-0.2, -0.15) is 0 Å². The first-order chi connectivity index (χ1) is 12.6. The summed E-state index contributed by atoms with van der Waals surface area (Å²) in [6.07, 6.45) is 0. The van der Waals surface area contributed by atoms with Crippen LogP contribution in [0, 0.1) is 0 Å². The zero-order valence-corrected chi connectivity index (χ0v) is 16.0. The summed E-state index contributed by atoms with van der Waals surface area (Å²) in [6, 6.07) is 17.6. The predicted molar refractivity (Wildman–Crippen MR) is 108 cm³/mol. The van der Waals surface area contributed by atoms with Crippen LogP contribution < -0.4 is 14.8 Å². The smallest absolute Gasteiger partial charge is 0.234 e. The summed E-state index contributed by atoms with van der Waals surface area (Å²) < 4.78 is 10.5. The third-order valence-electron chi connectivity index (χ3n) is 3.84. The molecular weight excluding hydrogens is 370 g/mol. The van der Waals surface area contributed by atoms with Gasteiger partial charge in [-0.05, 0) is 22.9 Å². The van der Waals surface area contributed by atoms with Crippen LogP contribution in [-0.2, 0) is 4.79 Å². The molecule has 0 fully saturated rings. The second-order valence-corrected chi connectivity index (χ2v) is 6.99. The number of benzene rings is 3. The van der Waals surface area contributed by atoms with Crippen molar-refractivity contribution in [2.75, 3.05) is 25.3 Å². The van der Waals surface area contributed by atoms with Crippen molar-refractivity contribution < 1.29 is 14.3 Å². The van der Waals surface area contributed by atoms with Crippen LogP contribution in [0.25, 0.3) is 10.8 Å². The second kappa shape index (κ2) is 8.34. The van der Waals surface area contributed by atoms with Gasteiger partial charge in [0, 0.05) is 17.0 Å². The minimum Gasteiger partial charge on any atom is -0.495 e. The number of halogens is 1. The molecular formula is C20H18ClNO3S. The summed E-state index contributed by atoms with van der Waals surface area (Å²) in [4.78, 5) is 13.4. The third kappa shape index (κ3) is 4.23. The molecule has 0 atom stereocenters. The predicted octanol–water partition coefficient (Wildman–Crippen LogP) is 5.24. The lowest BCUT2D eigenvalue weighted by Gasteiger charge is -2.13. The molecule has 6 heteroatoms. The van der Waals surface area contributed by atoms with E-state index in [2.05, 4.69) is 29.6 Å². The SMILES string of the molecule is COc1cc(NC(=O)CSc2ccc3ccccc3c2)c(OC)cc1Cl. The van der Waals surface area contributed by atoms with Gasteiger partial charge in [-0.15, -0.1) is 11.8 Å². The van der Waals surface area contributed by atoms with Gasteiger partial charge in [-0.25, -0.2) is 0 Å². The highest BCUT2D eigenvalue weighted by molar-refractivity contribution is 8.00. The Balaban J connectivity index is 1.68. The van der Waals surface area contributed by atoms with Gasteiger partial charge >= 0.3 is 0 Å². The number of nitrogens with one attached hydrogen (secondary N) is 1. The van der Waals surface area contributed by atoms with E-state index in [4.69, 9.17) is 21.1 Å². The summed E-state index contributed by atoms with van der Waals surface area (Å²) in [5, 5.41) is 5.61. The molecule has 0 bridgehead atoms. The van der Waals surface area contributed by atoms with E-state index in [1.807, 2.05) is 18.2 Å². The summed E-state index contributed by atoms with van der Waals surface area (Å²) in [5.74, 6) is 1.11. The summed E-state index contributed by atoms with van der Waals surface area (Å²) in [5.41, 5.74) is 0.526. The number of thioether (sulfide) groups is 1. The maximum atomic E-state index is 12.3. The molecule has 0 saturated carbocycles. The number of methoxy groups -OCH3 is 2. The van der Waals surface area contributed by atoms with Crippen molar-refractivity contribution in [1.82, 2.24) is 0 Å². The molecule has 1 N–H and O–H groups in total. The first-order valence-corrected chi connectivity index (χ1v) is 9.30. The van der Waals surface area contributed by atoms with Crippen LogP contribution >= 0.6 is 23.4 Å². The minimum absolute atomic E-state index is 0.133. The van der Waals surface area contributed by atoms with E-state index < -0.39 is 0 Å². The van der Waals surface area contributed by atoms with Crippen molar-refractivity contribution in [1.29, 1.82) is 0 Å². The molecule has 0 radical (unpaired) electrons. The Morgan fingerprint density at radius 3 is 2.46 bits per heavy atom. The van der Waals surface area contributed by atoms with Crippen LogP contribution in [0.1, 0.15) is 0 Å². The van der Waals surface area contributed by atoms with E-state index in [1.165, 1.54) is 31.4 Å². The van der Waals surface area contributed by atoms with Gasteiger partial charge in [0.25, 0.3) is 0 Å². The molecule has 0 saturated heterocycles. The summed E-state index contributed by atoms with van der Waals surface area (Å²) >= 11 is 7.56. The molecule has 0 aliphatic carbocycles. The molecule has 0 aromatic heterocycles. The van der Waals surface area contributed by atoms with Crippen LogP contribution in [-0.4, -0.2) is 25.9 Å². The minimum atomic E-state index is -0.133. The highest BCUT2D eigenvalue weighted by Gasteiger charge is 2.13. The number of carbonyl (C=O) groups excluding carboxylic acids is 1. The molecule has 3 aromatic rings. The Bertz CT molecular complexity index is 945. The van der Waals surface area contributed by atoms with Crippen LogP contribution in [0.2, 0.25) is 5.02 Å². The molecule has 0 heterocycles. The fourth-order valence-electron chi connectivity index (χ4n) is 2.55. The molecule has 26 heavy (non-hydrogen) atoms. The number of carbonyl (C=O) groups is 1. The van der Waals surface area contributed by atoms with E-state index in [0.29, 0.717) is 22.2 Å². The van der Waals surface area contributed by atoms with Gasteiger partial charge in [-0.1, -0.05) is 41.9 Å². The van der Waals surface area contributed by atoms with E-state index >= 15 is 0 Å². The highest BCUT2D eigenvalue weighted by atomic mass is 35.5. The molecule has 0 aliphatic rings. The van der Waals surface area contributed by atoms with Crippen molar-refractivity contribution >= 4 is 45.7 Å². The summed E-state index contributed by atoms with van der Waals surface area (Å²) in [7, 11) is 3.05. The van der Waals surface area contributed by atoms with Crippen molar-refractivity contribution in [2.45, 2.75) is 4.90 Å². The average Bonchev–Trinajstić information content (AvgIpc) is 2.67. The van der Waals surface area contributed by atoms with E-state index in [9.17, 15) is 4.79 Å². The van der Waals surface area contributed by atoms with Crippen LogP contribution in [0.3, 0.4) is 0 Å². The quantitative estimate of drug-likeness (QED) is 0.587. The zero-order valence-electron chi connectivity index (χ0n) is 14.4. The normalized spacial score (nSPS) is 10.6. The van der Waals surface area contributed by atoms with Crippen molar-refractivity contribution in [2.24, 2.45) is 0 Å². The van der Waals surface area contributed by atoms with Crippen LogP contribution in [0.15, 0.2) is 59.5 Å². The molecule has 134 valence electrons. The van der Waals surface area contributed by atoms with Crippen molar-refractivity contribution in [3.63, 3.8) is 0 Å². The van der Waals surface area contributed by atoms with Gasteiger partial charge in [0.15, 0.2) is 0 Å². The Labute approximate surface area is 161 Å². The Morgan fingerprint density at radius 2 is 1.73 bits per heavy atom. The molecule has 4 nitrogen and oxygen atoms in total. The largest absolute Gasteiger partial charge is 0.495 e. The average molecular weight is 388 g/mol. The molecule has 0 unspecified atom stereocenters. The fraction of sp³-hybridized carbons (Fsp3) is 0.150. The first kappa shape index (κ1) is 18.4. The first-order valence-electron chi connectivity index (χ1n) is 7.93. The molecule has 3 rings (SSSR count). The standard InChI is InChI=1S/C20H18ClNO3S/c1-24-18-11-17(19(25-2)10-16(18)21)22-20(23)12-26-15-8-7-13-5-3-4-6-14(13)9-15/h3-11H,12H2,1-2H3,(H,22,23). The van der Waals surface area contributed by atoms with Crippen molar-refractivity contribution in [3.05, 3.63) is 59.6 Å². The van der Waals surface area contributed by atoms with Gasteiger partial charge in [0.2, 0.25) is 5.91 Å². The number of hydrogen-bond donors (Lipinski definition) is 1. The van der Waals surface area contributed by atoms with Gasteiger partial charge in [0.05, 0.1) is 30.7 Å². The number of amides is 1. The fourth-order valence-corrected chi connectivity index (χ4v) is 3.53. The lowest BCUT2D eigenvalue weighted by molar-refractivity contribution is -0.113. The number of anilines is 1. The molecule has 3 aromatic carbocycles. The maximum absolute atomic E-state index is 12.3. The van der Waals surface area contributed by atoms with Crippen LogP contribution in [0.5, 0.6) is 11.5 Å². The highest BCUT2D eigenvalue weighted by Crippen LogP contribution is 2.36. The monoisotopic (exact) mass is 387 g/mol. The van der Waals surface area contributed by atoms with Gasteiger partial charge in [-0.3, -0.25) is 4.79 Å². The topological polar surface area (TPSA) is 47.6 Å². The second-order valence-electron chi connectivity index (χ2n) is 5.53. The zero-order chi connectivity index (χ0) is 18.5. The lowest BCUT2D eigenvalue weighted by Crippen LogP contribution is -2.14. The number of hydrogen-bond acceptors (Lipinski definition) is 4. The number of ether oxygens (including phenoxy) is 2.